The van der Waals surface area contributed by atoms with Crippen LogP contribution < -0.4 is 0 Å². The van der Waals surface area contributed by atoms with Crippen LogP contribution in [0.25, 0.3) is 0 Å². The Kier molecular flexibility index (Phi) is 9.12. The highest BCUT2D eigenvalue weighted by molar-refractivity contribution is 5.83. The first kappa shape index (κ1) is 18.0. The van der Waals surface area contributed by atoms with E-state index in [-0.39, 0.29) is 5.97 Å². The number of ether oxygens (including phenoxy) is 1. The molecule has 0 bridgehead atoms. The first-order chi connectivity index (χ1) is 10.1. The Balaban J connectivity index is 2.20. The molecule has 1 aliphatic rings. The van der Waals surface area contributed by atoms with Crippen molar-refractivity contribution in [1.82, 2.24) is 0 Å². The predicted octanol–water partition coefficient (Wildman–Crippen LogP) is 5.44. The second kappa shape index (κ2) is 10.6. The molecule has 21 heavy (non-hydrogen) atoms. The molecule has 1 fully saturated rings. The van der Waals surface area contributed by atoms with Crippen LogP contribution in [0.4, 0.5) is 0 Å². The second-order valence-electron chi connectivity index (χ2n) is 6.47. The Morgan fingerprint density at radius 3 is 2.67 bits per heavy atom. The van der Waals surface area contributed by atoms with E-state index in [1.54, 1.807) is 6.08 Å². The summed E-state index contributed by atoms with van der Waals surface area (Å²) in [4.78, 5) is 11.3. The molecule has 0 radical (unpaired) electrons. The predicted molar refractivity (Wildman–Crippen MR) is 89.1 cm³/mol. The van der Waals surface area contributed by atoms with Gasteiger partial charge in [0.05, 0.1) is 6.61 Å². The Labute approximate surface area is 130 Å². The van der Waals surface area contributed by atoms with Gasteiger partial charge in [-0.2, -0.15) is 0 Å². The van der Waals surface area contributed by atoms with Crippen molar-refractivity contribution in [2.24, 2.45) is 11.8 Å². The van der Waals surface area contributed by atoms with Gasteiger partial charge in [0.15, 0.2) is 0 Å². The van der Waals surface area contributed by atoms with Crippen LogP contribution in [0.5, 0.6) is 0 Å². The molecule has 0 N–H and O–H groups in total. The lowest BCUT2D eigenvalue weighted by molar-refractivity contribution is -0.137. The van der Waals surface area contributed by atoms with E-state index in [9.17, 15) is 4.79 Å². The molecule has 1 aliphatic carbocycles. The molecule has 0 aromatic rings. The van der Waals surface area contributed by atoms with Crippen LogP contribution in [0.2, 0.25) is 0 Å². The zero-order valence-electron chi connectivity index (χ0n) is 14.1. The third-order valence-corrected chi connectivity index (χ3v) is 4.34. The molecule has 2 nitrogen and oxygen atoms in total. The van der Waals surface area contributed by atoms with Gasteiger partial charge in [-0.3, -0.25) is 0 Å². The maximum Gasteiger partial charge on any atom is 0.330 e. The van der Waals surface area contributed by atoms with Crippen molar-refractivity contribution >= 4 is 5.97 Å². The van der Waals surface area contributed by atoms with Gasteiger partial charge in [0, 0.05) is 6.08 Å². The standard InChI is InChI=1S/C19H32O2/c1-4-21-19(20)15-17(3)10-8-9-16(2)13-14-18-11-6-5-7-12-18/h8,10,15-16,18H,4-7,9,11-14H2,1-3H3/b10-8+,17-15+. The molecule has 0 aliphatic heterocycles. The summed E-state index contributed by atoms with van der Waals surface area (Å²) >= 11 is 0. The second-order valence-corrected chi connectivity index (χ2v) is 6.47. The van der Waals surface area contributed by atoms with E-state index in [0.29, 0.717) is 6.61 Å². The fourth-order valence-electron chi connectivity index (χ4n) is 3.02. The van der Waals surface area contributed by atoms with Gasteiger partial charge < -0.3 is 4.74 Å². The van der Waals surface area contributed by atoms with Crippen molar-refractivity contribution in [3.8, 4) is 0 Å². The molecule has 2 heteroatoms. The quantitative estimate of drug-likeness (QED) is 0.338. The van der Waals surface area contributed by atoms with Crippen molar-refractivity contribution in [2.45, 2.75) is 72.1 Å². The highest BCUT2D eigenvalue weighted by Crippen LogP contribution is 2.29. The molecule has 1 atom stereocenters. The van der Waals surface area contributed by atoms with E-state index in [4.69, 9.17) is 4.74 Å². The maximum atomic E-state index is 11.3. The van der Waals surface area contributed by atoms with Crippen LogP contribution in [0, 0.1) is 11.8 Å². The smallest absolute Gasteiger partial charge is 0.330 e. The summed E-state index contributed by atoms with van der Waals surface area (Å²) in [6.45, 7) is 6.53. The summed E-state index contributed by atoms with van der Waals surface area (Å²) in [7, 11) is 0. The van der Waals surface area contributed by atoms with Crippen LogP contribution in [0.3, 0.4) is 0 Å². The monoisotopic (exact) mass is 292 g/mol. The summed E-state index contributed by atoms with van der Waals surface area (Å²) in [5, 5.41) is 0. The third kappa shape index (κ3) is 8.75. The lowest BCUT2D eigenvalue weighted by Gasteiger charge is -2.22. The van der Waals surface area contributed by atoms with E-state index < -0.39 is 0 Å². The van der Waals surface area contributed by atoms with Crippen molar-refractivity contribution in [3.63, 3.8) is 0 Å². The normalized spacial score (nSPS) is 18.9. The summed E-state index contributed by atoms with van der Waals surface area (Å²) in [5.41, 5.74) is 0.966. The van der Waals surface area contributed by atoms with Crippen LogP contribution in [-0.4, -0.2) is 12.6 Å². The average Bonchev–Trinajstić information content (AvgIpc) is 2.46. The zero-order chi connectivity index (χ0) is 15.5. The fraction of sp³-hybridized carbons (Fsp3) is 0.737. The van der Waals surface area contributed by atoms with Crippen LogP contribution in [0.1, 0.15) is 72.1 Å². The molecule has 0 heterocycles. The zero-order valence-corrected chi connectivity index (χ0v) is 14.1. The first-order valence-electron chi connectivity index (χ1n) is 8.63. The molecular weight excluding hydrogens is 260 g/mol. The summed E-state index contributed by atoms with van der Waals surface area (Å²) in [6.07, 6.45) is 16.8. The summed E-state index contributed by atoms with van der Waals surface area (Å²) < 4.78 is 4.90. The highest BCUT2D eigenvalue weighted by Gasteiger charge is 2.13. The lowest BCUT2D eigenvalue weighted by Crippen LogP contribution is -2.07. The van der Waals surface area contributed by atoms with Gasteiger partial charge in [-0.05, 0) is 37.7 Å². The Bertz CT molecular complexity index is 349. The molecule has 0 amide bonds. The van der Waals surface area contributed by atoms with Crippen LogP contribution >= 0.6 is 0 Å². The summed E-state index contributed by atoms with van der Waals surface area (Å²) in [5.74, 6) is 1.47. The SMILES string of the molecule is CCOC(=O)/C=C(C)/C=C/CC(C)CCC1CCCCC1. The molecule has 0 aromatic heterocycles. The number of hydrogen-bond acceptors (Lipinski definition) is 2. The molecule has 1 saturated carbocycles. The molecular formula is C19H32O2. The number of carbonyl (C=O) groups excluding carboxylic acids is 1. The topological polar surface area (TPSA) is 26.3 Å². The largest absolute Gasteiger partial charge is 0.463 e. The molecule has 0 saturated heterocycles. The van der Waals surface area contributed by atoms with Gasteiger partial charge in [0.1, 0.15) is 0 Å². The number of carbonyl (C=O) groups is 1. The minimum absolute atomic E-state index is 0.245. The van der Waals surface area contributed by atoms with Crippen molar-refractivity contribution in [1.29, 1.82) is 0 Å². The Hall–Kier alpha value is -1.05. The Morgan fingerprint density at radius 1 is 1.29 bits per heavy atom. The minimum atomic E-state index is -0.245. The third-order valence-electron chi connectivity index (χ3n) is 4.34. The van der Waals surface area contributed by atoms with Crippen LogP contribution in [0.15, 0.2) is 23.8 Å². The van der Waals surface area contributed by atoms with E-state index in [1.807, 2.05) is 19.9 Å². The van der Waals surface area contributed by atoms with Gasteiger partial charge >= 0.3 is 5.97 Å². The van der Waals surface area contributed by atoms with E-state index in [2.05, 4.69) is 13.0 Å². The van der Waals surface area contributed by atoms with Gasteiger partial charge in [0.2, 0.25) is 0 Å². The summed E-state index contributed by atoms with van der Waals surface area (Å²) in [6, 6.07) is 0. The van der Waals surface area contributed by atoms with Gasteiger partial charge in [0.25, 0.3) is 0 Å². The Morgan fingerprint density at radius 2 is 2.00 bits per heavy atom. The van der Waals surface area contributed by atoms with Crippen molar-refractivity contribution < 1.29 is 9.53 Å². The van der Waals surface area contributed by atoms with E-state index in [1.165, 1.54) is 44.9 Å². The van der Waals surface area contributed by atoms with Gasteiger partial charge in [-0.25, -0.2) is 4.79 Å². The average molecular weight is 292 g/mol. The van der Waals surface area contributed by atoms with Gasteiger partial charge in [-0.15, -0.1) is 0 Å². The number of hydrogen-bond donors (Lipinski definition) is 0. The first-order valence-corrected chi connectivity index (χ1v) is 8.63. The molecule has 120 valence electrons. The van der Waals surface area contributed by atoms with Gasteiger partial charge in [-0.1, -0.05) is 64.0 Å². The maximum absolute atomic E-state index is 11.3. The number of rotatable bonds is 8. The lowest BCUT2D eigenvalue weighted by atomic mass is 9.84. The minimum Gasteiger partial charge on any atom is -0.463 e. The fourth-order valence-corrected chi connectivity index (χ4v) is 3.02. The molecule has 0 aromatic carbocycles. The molecule has 1 rings (SSSR count). The van der Waals surface area contributed by atoms with E-state index in [0.717, 1.165) is 23.8 Å². The number of esters is 1. The number of allylic oxidation sites excluding steroid dienone is 3. The molecule has 1 unspecified atom stereocenters. The van der Waals surface area contributed by atoms with Crippen molar-refractivity contribution in [3.05, 3.63) is 23.8 Å². The van der Waals surface area contributed by atoms with Crippen molar-refractivity contribution in [2.75, 3.05) is 6.61 Å². The van der Waals surface area contributed by atoms with E-state index >= 15 is 0 Å². The highest BCUT2D eigenvalue weighted by atomic mass is 16.5. The molecule has 0 spiro atoms. The van der Waals surface area contributed by atoms with Crippen LogP contribution in [-0.2, 0) is 9.53 Å².